The van der Waals surface area contributed by atoms with Crippen molar-refractivity contribution in [3.8, 4) is 6.07 Å². The first-order chi connectivity index (χ1) is 11.0. The Morgan fingerprint density at radius 1 is 1.57 bits per heavy atom. The summed E-state index contributed by atoms with van der Waals surface area (Å²) in [5.41, 5.74) is 5.92. The lowest BCUT2D eigenvalue weighted by molar-refractivity contribution is -0.384. The molecule has 0 aromatic heterocycles. The molecule has 0 spiro atoms. The third kappa shape index (κ3) is 3.13. The van der Waals surface area contributed by atoms with E-state index in [1.165, 1.54) is 18.2 Å². The van der Waals surface area contributed by atoms with Gasteiger partial charge in [0.05, 0.1) is 23.0 Å². The van der Waals surface area contributed by atoms with Gasteiger partial charge >= 0.3 is 5.97 Å². The number of hydrogen-bond acceptors (Lipinski definition) is 7. The number of esters is 1. The molecule has 0 amide bonds. The average molecular weight is 315 g/mol. The van der Waals surface area contributed by atoms with Crippen LogP contribution in [0, 0.1) is 21.4 Å². The number of allylic oxidation sites excluding steroid dienone is 1. The molecule has 1 heterocycles. The van der Waals surface area contributed by atoms with Crippen molar-refractivity contribution >= 4 is 11.7 Å². The van der Waals surface area contributed by atoms with Crippen LogP contribution < -0.4 is 5.73 Å². The zero-order valence-corrected chi connectivity index (χ0v) is 12.2. The Bertz CT molecular complexity index is 761. The monoisotopic (exact) mass is 315 g/mol. The quantitative estimate of drug-likeness (QED) is 0.510. The third-order valence-electron chi connectivity index (χ3n) is 3.22. The summed E-state index contributed by atoms with van der Waals surface area (Å²) in [6, 6.07) is 7.53. The lowest BCUT2D eigenvalue weighted by Crippen LogP contribution is -2.23. The Morgan fingerprint density at radius 2 is 2.30 bits per heavy atom. The molecule has 0 fully saturated rings. The lowest BCUT2D eigenvalue weighted by Gasteiger charge is -2.23. The highest BCUT2D eigenvalue weighted by Gasteiger charge is 2.34. The molecule has 118 valence electrons. The molecule has 1 aliphatic heterocycles. The normalized spacial score (nSPS) is 16.9. The van der Waals surface area contributed by atoms with E-state index in [2.05, 4.69) is 0 Å². The SMILES string of the molecule is CCOC(=O)C1=COC(N)=C(C#N)C1c1cccc([N+](=O)[O-])c1. The number of rotatable bonds is 4. The van der Waals surface area contributed by atoms with Crippen LogP contribution >= 0.6 is 0 Å². The van der Waals surface area contributed by atoms with Crippen molar-refractivity contribution in [1.29, 1.82) is 5.26 Å². The van der Waals surface area contributed by atoms with Crippen molar-refractivity contribution in [2.45, 2.75) is 12.8 Å². The number of benzene rings is 1. The standard InChI is InChI=1S/C15H13N3O5/c1-2-22-15(19)12-8-23-14(17)11(7-16)13(12)9-4-3-5-10(6-9)18(20)21/h3-6,8,13H,2,17H2,1H3. The lowest BCUT2D eigenvalue weighted by atomic mass is 9.84. The van der Waals surface area contributed by atoms with E-state index < -0.39 is 16.8 Å². The molecule has 0 saturated heterocycles. The van der Waals surface area contributed by atoms with Gasteiger partial charge < -0.3 is 15.2 Å². The number of nitrogens with two attached hydrogens (primary N) is 1. The molecule has 1 unspecified atom stereocenters. The van der Waals surface area contributed by atoms with Crippen molar-refractivity contribution in [3.63, 3.8) is 0 Å². The van der Waals surface area contributed by atoms with Crippen molar-refractivity contribution in [1.82, 2.24) is 0 Å². The van der Waals surface area contributed by atoms with Gasteiger partial charge in [-0.2, -0.15) is 5.26 Å². The fraction of sp³-hybridized carbons (Fsp3) is 0.200. The van der Waals surface area contributed by atoms with Gasteiger partial charge in [0.25, 0.3) is 5.69 Å². The zero-order chi connectivity index (χ0) is 17.0. The van der Waals surface area contributed by atoms with Gasteiger partial charge in [-0.05, 0) is 12.5 Å². The van der Waals surface area contributed by atoms with Crippen molar-refractivity contribution in [2.75, 3.05) is 6.61 Å². The number of nitrogens with zero attached hydrogens (tertiary/aromatic N) is 2. The molecule has 0 saturated carbocycles. The summed E-state index contributed by atoms with van der Waals surface area (Å²) < 4.78 is 9.97. The van der Waals surface area contributed by atoms with Gasteiger partial charge in [0.1, 0.15) is 17.9 Å². The van der Waals surface area contributed by atoms with E-state index in [1.54, 1.807) is 13.0 Å². The molecule has 2 rings (SSSR count). The minimum Gasteiger partial charge on any atom is -0.463 e. The number of hydrogen-bond donors (Lipinski definition) is 1. The van der Waals surface area contributed by atoms with Gasteiger partial charge in [-0.3, -0.25) is 10.1 Å². The van der Waals surface area contributed by atoms with E-state index in [4.69, 9.17) is 15.2 Å². The van der Waals surface area contributed by atoms with Crippen molar-refractivity contribution in [3.05, 3.63) is 63.2 Å². The van der Waals surface area contributed by atoms with Crippen molar-refractivity contribution < 1.29 is 19.2 Å². The van der Waals surface area contributed by atoms with Crippen LogP contribution in [0.3, 0.4) is 0 Å². The third-order valence-corrected chi connectivity index (χ3v) is 3.22. The molecule has 2 N–H and O–H groups in total. The molecule has 0 aliphatic carbocycles. The van der Waals surface area contributed by atoms with E-state index in [9.17, 15) is 20.2 Å². The second-order valence-corrected chi connectivity index (χ2v) is 4.59. The molecule has 23 heavy (non-hydrogen) atoms. The molecular formula is C15H13N3O5. The number of nitro benzene ring substituents is 1. The molecule has 1 atom stereocenters. The van der Waals surface area contributed by atoms with Crippen LogP contribution in [0.5, 0.6) is 0 Å². The van der Waals surface area contributed by atoms with E-state index in [0.717, 1.165) is 6.26 Å². The van der Waals surface area contributed by atoms with E-state index >= 15 is 0 Å². The Kier molecular flexibility index (Phi) is 4.61. The van der Waals surface area contributed by atoms with Crippen LogP contribution in [0.2, 0.25) is 0 Å². The molecule has 8 nitrogen and oxygen atoms in total. The van der Waals surface area contributed by atoms with Gasteiger partial charge in [-0.15, -0.1) is 0 Å². The van der Waals surface area contributed by atoms with Gasteiger partial charge in [0, 0.05) is 12.1 Å². The predicted octanol–water partition coefficient (Wildman–Crippen LogP) is 1.85. The molecule has 1 aromatic carbocycles. The summed E-state index contributed by atoms with van der Waals surface area (Å²) in [6.45, 7) is 1.78. The molecule has 1 aliphatic rings. The molecule has 8 heteroatoms. The predicted molar refractivity (Wildman–Crippen MR) is 78.5 cm³/mol. The second kappa shape index (κ2) is 6.62. The van der Waals surface area contributed by atoms with Gasteiger partial charge in [0.2, 0.25) is 5.88 Å². The summed E-state index contributed by atoms with van der Waals surface area (Å²) in [4.78, 5) is 22.5. The van der Waals surface area contributed by atoms with Crippen molar-refractivity contribution in [2.24, 2.45) is 5.73 Å². The summed E-state index contributed by atoms with van der Waals surface area (Å²) >= 11 is 0. The van der Waals surface area contributed by atoms with Crippen LogP contribution in [-0.2, 0) is 14.3 Å². The first kappa shape index (κ1) is 16.0. The van der Waals surface area contributed by atoms with Crippen LogP contribution in [0.1, 0.15) is 18.4 Å². The second-order valence-electron chi connectivity index (χ2n) is 4.59. The molecular weight excluding hydrogens is 302 g/mol. The largest absolute Gasteiger partial charge is 0.463 e. The van der Waals surface area contributed by atoms with E-state index in [-0.39, 0.29) is 29.3 Å². The maximum Gasteiger partial charge on any atom is 0.338 e. The van der Waals surface area contributed by atoms with Gasteiger partial charge in [-0.25, -0.2) is 4.79 Å². The number of carbonyl (C=O) groups excluding carboxylic acids is 1. The van der Waals surface area contributed by atoms with E-state index in [1.807, 2.05) is 6.07 Å². The molecule has 0 radical (unpaired) electrons. The number of carbonyl (C=O) groups is 1. The number of ether oxygens (including phenoxy) is 2. The highest BCUT2D eigenvalue weighted by atomic mass is 16.6. The highest BCUT2D eigenvalue weighted by molar-refractivity contribution is 5.91. The minimum atomic E-state index is -0.882. The summed E-state index contributed by atoms with van der Waals surface area (Å²) in [6.07, 6.45) is 1.11. The topological polar surface area (TPSA) is 128 Å². The number of non-ortho nitro benzene ring substituents is 1. The fourth-order valence-corrected chi connectivity index (χ4v) is 2.22. The summed E-state index contributed by atoms with van der Waals surface area (Å²) in [5, 5.41) is 20.3. The zero-order valence-electron chi connectivity index (χ0n) is 12.2. The van der Waals surface area contributed by atoms with Crippen LogP contribution in [0.15, 0.2) is 47.6 Å². The highest BCUT2D eigenvalue weighted by Crippen LogP contribution is 2.37. The fourth-order valence-electron chi connectivity index (χ4n) is 2.22. The maximum absolute atomic E-state index is 12.1. The van der Waals surface area contributed by atoms with E-state index in [0.29, 0.717) is 5.56 Å². The van der Waals surface area contributed by atoms with Crippen LogP contribution in [-0.4, -0.2) is 17.5 Å². The average Bonchev–Trinajstić information content (AvgIpc) is 2.54. The van der Waals surface area contributed by atoms with Gasteiger partial charge in [-0.1, -0.05) is 12.1 Å². The van der Waals surface area contributed by atoms with Crippen LogP contribution in [0.25, 0.3) is 0 Å². The molecule has 1 aromatic rings. The smallest absolute Gasteiger partial charge is 0.338 e. The van der Waals surface area contributed by atoms with Gasteiger partial charge in [0.15, 0.2) is 0 Å². The minimum absolute atomic E-state index is 0.00366. The first-order valence-electron chi connectivity index (χ1n) is 6.67. The Balaban J connectivity index is 2.55. The Hall–Kier alpha value is -3.34. The maximum atomic E-state index is 12.1. The number of nitriles is 1. The number of nitro groups is 1. The Labute approximate surface area is 131 Å². The van der Waals surface area contributed by atoms with Crippen LogP contribution in [0.4, 0.5) is 5.69 Å². The Morgan fingerprint density at radius 3 is 2.91 bits per heavy atom. The summed E-state index contributed by atoms with van der Waals surface area (Å²) in [5.74, 6) is -1.71. The summed E-state index contributed by atoms with van der Waals surface area (Å²) in [7, 11) is 0. The first-order valence-corrected chi connectivity index (χ1v) is 6.67. The molecule has 0 bridgehead atoms.